The Bertz CT molecular complexity index is 1260. The Morgan fingerprint density at radius 3 is 1.89 bits per heavy atom. The van der Waals surface area contributed by atoms with Crippen LogP contribution in [0.1, 0.15) is 53.0 Å². The lowest BCUT2D eigenvalue weighted by molar-refractivity contribution is 0.0854. The quantitative estimate of drug-likeness (QED) is 0.361. The van der Waals surface area contributed by atoms with Crippen molar-refractivity contribution in [3.05, 3.63) is 59.0 Å². The van der Waals surface area contributed by atoms with Gasteiger partial charge in [0.05, 0.1) is 41.1 Å². The van der Waals surface area contributed by atoms with Gasteiger partial charge in [0.1, 0.15) is 40.2 Å². The Balaban J connectivity index is 1.90. The van der Waals surface area contributed by atoms with Gasteiger partial charge in [-0.2, -0.15) is 0 Å². The highest BCUT2D eigenvalue weighted by molar-refractivity contribution is 6.04. The van der Waals surface area contributed by atoms with Gasteiger partial charge in [-0.05, 0) is 18.2 Å². The number of methoxy groups -OCH3 is 5. The molecule has 0 saturated carbocycles. The van der Waals surface area contributed by atoms with Gasteiger partial charge < -0.3 is 33.4 Å². The van der Waals surface area contributed by atoms with Crippen LogP contribution in [0.2, 0.25) is 0 Å². The molecule has 0 spiro atoms. The van der Waals surface area contributed by atoms with Crippen LogP contribution in [-0.2, 0) is 6.42 Å². The molecule has 0 bridgehead atoms. The molecule has 0 radical (unpaired) electrons. The fourth-order valence-electron chi connectivity index (χ4n) is 3.77. The molecule has 37 heavy (non-hydrogen) atoms. The van der Waals surface area contributed by atoms with Crippen molar-refractivity contribution in [1.29, 1.82) is 0 Å². The van der Waals surface area contributed by atoms with Crippen LogP contribution < -0.4 is 29.0 Å². The molecule has 2 aromatic carbocycles. The van der Waals surface area contributed by atoms with Gasteiger partial charge in [0.15, 0.2) is 11.5 Å². The number of Topliss-reactive ketones (excluding diaryl/α,β-unsaturated/α-hetero) is 1. The first-order valence-corrected chi connectivity index (χ1v) is 11.6. The zero-order valence-corrected chi connectivity index (χ0v) is 22.4. The summed E-state index contributed by atoms with van der Waals surface area (Å²) < 4.78 is 32.9. The number of hydrogen-bond acceptors (Lipinski definition) is 8. The Morgan fingerprint density at radius 1 is 0.784 bits per heavy atom. The molecule has 3 aromatic rings. The van der Waals surface area contributed by atoms with Crippen molar-refractivity contribution in [3.63, 3.8) is 0 Å². The van der Waals surface area contributed by atoms with Gasteiger partial charge in [0.25, 0.3) is 5.91 Å². The summed E-state index contributed by atoms with van der Waals surface area (Å²) in [6.07, 6.45) is 0.292. The summed E-state index contributed by atoms with van der Waals surface area (Å²) in [5.41, 5.74) is 0.916. The second-order valence-corrected chi connectivity index (χ2v) is 9.25. The lowest BCUT2D eigenvalue weighted by atomic mass is 9.85. The number of furan rings is 1. The topological polar surface area (TPSA) is 105 Å². The van der Waals surface area contributed by atoms with E-state index in [1.165, 1.54) is 28.4 Å². The van der Waals surface area contributed by atoms with E-state index in [0.29, 0.717) is 52.2 Å². The SMILES string of the molecule is COc1cc(OC)c(NC(=O)c2ccc(Cc3cc(C(=O)C(C)(C)C)c(OC)cc3OC)o2)c(OC)c1. The van der Waals surface area contributed by atoms with Gasteiger partial charge >= 0.3 is 0 Å². The molecule has 0 fully saturated rings. The van der Waals surface area contributed by atoms with E-state index in [-0.39, 0.29) is 11.5 Å². The van der Waals surface area contributed by atoms with Crippen LogP contribution in [0.25, 0.3) is 0 Å². The van der Waals surface area contributed by atoms with E-state index in [9.17, 15) is 9.59 Å². The average Bonchev–Trinajstić information content (AvgIpc) is 3.36. The molecular formula is C28H33NO8. The fourth-order valence-corrected chi connectivity index (χ4v) is 3.77. The van der Waals surface area contributed by atoms with Crippen molar-refractivity contribution in [2.24, 2.45) is 5.41 Å². The molecule has 0 saturated heterocycles. The van der Waals surface area contributed by atoms with E-state index in [0.717, 1.165) is 5.56 Å². The summed E-state index contributed by atoms with van der Waals surface area (Å²) in [5, 5.41) is 2.78. The highest BCUT2D eigenvalue weighted by atomic mass is 16.5. The second kappa shape index (κ2) is 11.3. The minimum Gasteiger partial charge on any atom is -0.496 e. The lowest BCUT2D eigenvalue weighted by Gasteiger charge is -2.20. The van der Waals surface area contributed by atoms with Crippen molar-refractivity contribution in [2.75, 3.05) is 40.9 Å². The smallest absolute Gasteiger partial charge is 0.291 e. The molecule has 0 atom stereocenters. The predicted octanol–water partition coefficient (Wildman–Crippen LogP) is 5.39. The molecule has 0 aliphatic carbocycles. The minimum atomic E-state index is -0.599. The Morgan fingerprint density at radius 2 is 1.38 bits per heavy atom. The van der Waals surface area contributed by atoms with Crippen molar-refractivity contribution < 1.29 is 37.7 Å². The van der Waals surface area contributed by atoms with E-state index in [2.05, 4.69) is 5.32 Å². The predicted molar refractivity (Wildman–Crippen MR) is 139 cm³/mol. The molecule has 3 rings (SSSR count). The zero-order chi connectivity index (χ0) is 27.3. The molecule has 0 unspecified atom stereocenters. The van der Waals surface area contributed by atoms with Crippen LogP contribution in [0.5, 0.6) is 28.7 Å². The normalized spacial score (nSPS) is 11.0. The molecule has 0 aliphatic rings. The Hall–Kier alpha value is -4.14. The fraction of sp³-hybridized carbons (Fsp3) is 0.357. The number of hydrogen-bond donors (Lipinski definition) is 1. The molecule has 1 N–H and O–H groups in total. The van der Waals surface area contributed by atoms with Gasteiger partial charge in [0, 0.05) is 35.6 Å². The summed E-state index contributed by atoms with van der Waals surface area (Å²) >= 11 is 0. The number of ketones is 1. The van der Waals surface area contributed by atoms with Crippen molar-refractivity contribution >= 4 is 17.4 Å². The van der Waals surface area contributed by atoms with E-state index in [1.54, 1.807) is 43.5 Å². The number of nitrogens with one attached hydrogen (secondary N) is 1. The summed E-state index contributed by atoms with van der Waals surface area (Å²) in [4.78, 5) is 26.0. The van der Waals surface area contributed by atoms with Gasteiger partial charge in [-0.1, -0.05) is 20.8 Å². The van der Waals surface area contributed by atoms with E-state index >= 15 is 0 Å². The first-order valence-electron chi connectivity index (χ1n) is 11.6. The van der Waals surface area contributed by atoms with E-state index in [1.807, 2.05) is 20.8 Å². The number of carbonyl (C=O) groups excluding carboxylic acids is 2. The molecule has 9 nitrogen and oxygen atoms in total. The molecular weight excluding hydrogens is 478 g/mol. The Labute approximate surface area is 216 Å². The minimum absolute atomic E-state index is 0.0600. The van der Waals surface area contributed by atoms with Gasteiger partial charge in [-0.3, -0.25) is 9.59 Å². The third kappa shape index (κ3) is 5.99. The third-order valence-corrected chi connectivity index (χ3v) is 5.73. The van der Waals surface area contributed by atoms with Gasteiger partial charge in [0.2, 0.25) is 0 Å². The number of amides is 1. The van der Waals surface area contributed by atoms with Crippen LogP contribution in [-0.4, -0.2) is 47.2 Å². The summed E-state index contributed by atoms with van der Waals surface area (Å²) in [5.74, 6) is 2.29. The molecule has 1 heterocycles. The highest BCUT2D eigenvalue weighted by Crippen LogP contribution is 2.39. The summed E-state index contributed by atoms with van der Waals surface area (Å²) in [7, 11) is 7.54. The molecule has 1 aromatic heterocycles. The van der Waals surface area contributed by atoms with Crippen LogP contribution in [0.4, 0.5) is 5.69 Å². The van der Waals surface area contributed by atoms with Crippen molar-refractivity contribution in [3.8, 4) is 28.7 Å². The molecule has 198 valence electrons. The monoisotopic (exact) mass is 511 g/mol. The summed E-state index contributed by atoms with van der Waals surface area (Å²) in [6, 6.07) is 9.99. The van der Waals surface area contributed by atoms with Crippen molar-refractivity contribution in [2.45, 2.75) is 27.2 Å². The van der Waals surface area contributed by atoms with Gasteiger partial charge in [-0.25, -0.2) is 0 Å². The van der Waals surface area contributed by atoms with E-state index in [4.69, 9.17) is 28.1 Å². The van der Waals surface area contributed by atoms with Crippen molar-refractivity contribution in [1.82, 2.24) is 0 Å². The maximum atomic E-state index is 13.0. The van der Waals surface area contributed by atoms with Crippen LogP contribution in [0, 0.1) is 5.41 Å². The maximum Gasteiger partial charge on any atom is 0.291 e. The lowest BCUT2D eigenvalue weighted by Crippen LogP contribution is -2.21. The standard InChI is InChI=1S/C28H33NO8/c1-28(2,3)26(30)19-12-16(21(33-5)15-22(19)34-6)11-17-9-10-20(37-17)27(31)29-25-23(35-7)13-18(32-4)14-24(25)36-8/h9-10,12-15H,11H2,1-8H3,(H,29,31). The Kier molecular flexibility index (Phi) is 8.37. The number of benzene rings is 2. The highest BCUT2D eigenvalue weighted by Gasteiger charge is 2.27. The second-order valence-electron chi connectivity index (χ2n) is 9.25. The molecule has 9 heteroatoms. The average molecular weight is 512 g/mol. The number of carbonyl (C=O) groups is 2. The van der Waals surface area contributed by atoms with E-state index < -0.39 is 11.3 Å². The number of rotatable bonds is 10. The zero-order valence-electron chi connectivity index (χ0n) is 22.4. The molecule has 1 amide bonds. The van der Waals surface area contributed by atoms with Gasteiger partial charge in [-0.15, -0.1) is 0 Å². The first-order chi connectivity index (χ1) is 17.6. The van der Waals surface area contributed by atoms with Crippen LogP contribution >= 0.6 is 0 Å². The number of ether oxygens (including phenoxy) is 5. The van der Waals surface area contributed by atoms with Crippen LogP contribution in [0.15, 0.2) is 40.8 Å². The molecule has 0 aliphatic heterocycles. The largest absolute Gasteiger partial charge is 0.496 e. The first kappa shape index (κ1) is 27.4. The third-order valence-electron chi connectivity index (χ3n) is 5.73. The number of anilines is 1. The van der Waals surface area contributed by atoms with Crippen LogP contribution in [0.3, 0.4) is 0 Å². The maximum absolute atomic E-state index is 13.0. The summed E-state index contributed by atoms with van der Waals surface area (Å²) in [6.45, 7) is 5.55.